The molecule has 28 heavy (non-hydrogen) atoms. The van der Waals surface area contributed by atoms with Crippen molar-refractivity contribution in [1.29, 1.82) is 0 Å². The van der Waals surface area contributed by atoms with Gasteiger partial charge in [-0.2, -0.15) is 4.99 Å². The number of nitrogens with zero attached hydrogens (tertiary/aromatic N) is 2. The number of aromatic nitrogens is 1. The largest absolute Gasteiger partial charge is 0.451 e. The molecule has 0 aliphatic carbocycles. The molecule has 0 unspecified atom stereocenters. The predicted molar refractivity (Wildman–Crippen MR) is 106 cm³/mol. The van der Waals surface area contributed by atoms with Gasteiger partial charge in [0.2, 0.25) is 10.0 Å². The zero-order valence-electron chi connectivity index (χ0n) is 14.3. The highest BCUT2D eigenvalue weighted by atomic mass is 32.2. The number of rotatable bonds is 3. The van der Waals surface area contributed by atoms with E-state index in [1.54, 1.807) is 22.8 Å². The SMILES string of the molecule is C#CCn1c(=NC(=O)c2cc3ccccc3o2)sc2cc(S(N)(=O)=O)ccc21. The quantitative estimate of drug-likeness (QED) is 0.523. The fraction of sp³-hybridized carbons (Fsp3) is 0.0526. The average Bonchev–Trinajstić information content (AvgIpc) is 3.23. The molecule has 0 saturated carbocycles. The Labute approximate surface area is 163 Å². The maximum Gasteiger partial charge on any atom is 0.315 e. The summed E-state index contributed by atoms with van der Waals surface area (Å²) in [5.74, 6) is 2.07. The van der Waals surface area contributed by atoms with E-state index in [1.807, 2.05) is 18.2 Å². The molecule has 0 saturated heterocycles. The predicted octanol–water partition coefficient (Wildman–Crippen LogP) is 2.47. The van der Waals surface area contributed by atoms with Gasteiger partial charge in [0, 0.05) is 5.39 Å². The molecule has 9 heteroatoms. The highest BCUT2D eigenvalue weighted by Crippen LogP contribution is 2.22. The molecular weight excluding hydrogens is 398 g/mol. The third-order valence-corrected chi connectivity index (χ3v) is 6.02. The number of para-hydroxylation sites is 1. The molecule has 140 valence electrons. The number of carbonyl (C=O) groups excluding carboxylic acids is 1. The molecule has 2 heterocycles. The number of terminal acetylenes is 1. The van der Waals surface area contributed by atoms with Crippen molar-refractivity contribution in [1.82, 2.24) is 4.57 Å². The Morgan fingerprint density at radius 3 is 2.75 bits per heavy atom. The Hall–Kier alpha value is -3.19. The van der Waals surface area contributed by atoms with Crippen LogP contribution in [-0.2, 0) is 16.6 Å². The minimum atomic E-state index is -3.85. The number of primary sulfonamides is 1. The fourth-order valence-electron chi connectivity index (χ4n) is 2.79. The second-order valence-electron chi connectivity index (χ2n) is 5.91. The summed E-state index contributed by atoms with van der Waals surface area (Å²) in [7, 11) is -3.85. The monoisotopic (exact) mass is 411 g/mol. The summed E-state index contributed by atoms with van der Waals surface area (Å²) in [4.78, 5) is 17.1. The molecule has 1 amide bonds. The number of fused-ring (bicyclic) bond motifs is 2. The number of carbonyl (C=O) groups is 1. The number of nitrogens with two attached hydrogens (primary N) is 1. The van der Waals surface area contributed by atoms with Gasteiger partial charge in [0.25, 0.3) is 0 Å². The van der Waals surface area contributed by atoms with Gasteiger partial charge >= 0.3 is 5.91 Å². The second kappa shape index (κ2) is 6.76. The van der Waals surface area contributed by atoms with Gasteiger partial charge in [0.15, 0.2) is 10.6 Å². The molecule has 2 aromatic heterocycles. The van der Waals surface area contributed by atoms with Crippen molar-refractivity contribution in [3.8, 4) is 12.3 Å². The first-order valence-corrected chi connectivity index (χ1v) is 10.4. The van der Waals surface area contributed by atoms with Crippen LogP contribution in [0.25, 0.3) is 21.2 Å². The van der Waals surface area contributed by atoms with Gasteiger partial charge in [-0.05, 0) is 30.3 Å². The van der Waals surface area contributed by atoms with E-state index in [0.717, 1.165) is 16.7 Å². The topological polar surface area (TPSA) is 108 Å². The van der Waals surface area contributed by atoms with Crippen LogP contribution in [0.5, 0.6) is 0 Å². The lowest BCUT2D eigenvalue weighted by Crippen LogP contribution is -2.16. The third-order valence-electron chi connectivity index (χ3n) is 4.07. The Morgan fingerprint density at radius 1 is 1.25 bits per heavy atom. The van der Waals surface area contributed by atoms with Gasteiger partial charge in [0.1, 0.15) is 5.58 Å². The molecule has 2 N–H and O–H groups in total. The van der Waals surface area contributed by atoms with Crippen LogP contribution >= 0.6 is 11.3 Å². The summed E-state index contributed by atoms with van der Waals surface area (Å²) in [5, 5.41) is 5.99. The lowest BCUT2D eigenvalue weighted by atomic mass is 10.2. The summed E-state index contributed by atoms with van der Waals surface area (Å²) in [6, 6.07) is 13.3. The molecule has 0 spiro atoms. The first-order valence-electron chi connectivity index (χ1n) is 8.04. The molecule has 2 aromatic carbocycles. The van der Waals surface area contributed by atoms with Crippen LogP contribution in [0.2, 0.25) is 0 Å². The van der Waals surface area contributed by atoms with Crippen molar-refractivity contribution in [3.63, 3.8) is 0 Å². The number of thiazole rings is 1. The normalized spacial score (nSPS) is 12.5. The van der Waals surface area contributed by atoms with E-state index in [-0.39, 0.29) is 17.2 Å². The van der Waals surface area contributed by atoms with Crippen molar-refractivity contribution in [3.05, 3.63) is 59.1 Å². The van der Waals surface area contributed by atoms with Gasteiger partial charge in [-0.15, -0.1) is 6.42 Å². The van der Waals surface area contributed by atoms with Crippen LogP contribution < -0.4 is 9.94 Å². The Kier molecular flexibility index (Phi) is 4.39. The van der Waals surface area contributed by atoms with E-state index < -0.39 is 15.9 Å². The van der Waals surface area contributed by atoms with E-state index in [4.69, 9.17) is 16.0 Å². The van der Waals surface area contributed by atoms with Crippen LogP contribution in [-0.4, -0.2) is 18.9 Å². The molecule has 0 aliphatic heterocycles. The lowest BCUT2D eigenvalue weighted by molar-refractivity contribution is 0.0973. The highest BCUT2D eigenvalue weighted by Gasteiger charge is 2.15. The van der Waals surface area contributed by atoms with Crippen molar-refractivity contribution in [2.24, 2.45) is 10.1 Å². The van der Waals surface area contributed by atoms with Crippen LogP contribution in [0.1, 0.15) is 10.6 Å². The zero-order valence-corrected chi connectivity index (χ0v) is 16.0. The van der Waals surface area contributed by atoms with Crippen molar-refractivity contribution in [2.45, 2.75) is 11.4 Å². The van der Waals surface area contributed by atoms with E-state index in [1.165, 1.54) is 12.1 Å². The Bertz CT molecular complexity index is 1420. The molecule has 0 aliphatic rings. The summed E-state index contributed by atoms with van der Waals surface area (Å²) < 4.78 is 31.0. The molecule has 4 aromatic rings. The first-order chi connectivity index (χ1) is 13.4. The Morgan fingerprint density at radius 2 is 2.04 bits per heavy atom. The van der Waals surface area contributed by atoms with Crippen LogP contribution in [0, 0.1) is 12.3 Å². The summed E-state index contributed by atoms with van der Waals surface area (Å²) in [6.45, 7) is 0.168. The van der Waals surface area contributed by atoms with Crippen molar-refractivity contribution in [2.75, 3.05) is 0 Å². The summed E-state index contributed by atoms with van der Waals surface area (Å²) in [6.07, 6.45) is 5.44. The number of sulfonamides is 1. The molecule has 4 rings (SSSR count). The van der Waals surface area contributed by atoms with E-state index in [2.05, 4.69) is 10.9 Å². The van der Waals surface area contributed by atoms with Gasteiger partial charge in [0.05, 0.1) is 21.7 Å². The third kappa shape index (κ3) is 3.25. The number of furan rings is 1. The molecule has 0 bridgehead atoms. The molecular formula is C19H13N3O4S2. The van der Waals surface area contributed by atoms with Crippen LogP contribution in [0.3, 0.4) is 0 Å². The Balaban J connectivity index is 1.87. The van der Waals surface area contributed by atoms with Gasteiger partial charge in [-0.25, -0.2) is 13.6 Å². The zero-order chi connectivity index (χ0) is 19.9. The molecule has 7 nitrogen and oxygen atoms in total. The summed E-state index contributed by atoms with van der Waals surface area (Å²) >= 11 is 1.14. The fourth-order valence-corrected chi connectivity index (χ4v) is 4.47. The van der Waals surface area contributed by atoms with E-state index in [9.17, 15) is 13.2 Å². The minimum absolute atomic E-state index is 0.0238. The van der Waals surface area contributed by atoms with Gasteiger partial charge < -0.3 is 8.98 Å². The van der Waals surface area contributed by atoms with Crippen LogP contribution in [0.4, 0.5) is 0 Å². The first kappa shape index (κ1) is 18.2. The van der Waals surface area contributed by atoms with Crippen LogP contribution in [0.15, 0.2) is 62.8 Å². The smallest absolute Gasteiger partial charge is 0.315 e. The second-order valence-corrected chi connectivity index (χ2v) is 8.49. The number of hydrogen-bond donors (Lipinski definition) is 1. The maximum absolute atomic E-state index is 12.6. The highest BCUT2D eigenvalue weighted by molar-refractivity contribution is 7.89. The number of amides is 1. The molecule has 0 radical (unpaired) electrons. The molecule has 0 fully saturated rings. The lowest BCUT2D eigenvalue weighted by Gasteiger charge is -2.01. The average molecular weight is 411 g/mol. The van der Waals surface area contributed by atoms with Crippen molar-refractivity contribution >= 4 is 48.5 Å². The van der Waals surface area contributed by atoms with Gasteiger partial charge in [-0.3, -0.25) is 4.79 Å². The number of hydrogen-bond acceptors (Lipinski definition) is 5. The minimum Gasteiger partial charge on any atom is -0.451 e. The maximum atomic E-state index is 12.6. The molecule has 0 atom stereocenters. The van der Waals surface area contributed by atoms with Gasteiger partial charge in [-0.1, -0.05) is 35.5 Å². The van der Waals surface area contributed by atoms with E-state index >= 15 is 0 Å². The standard InChI is InChI=1S/C19H13N3O4S2/c1-2-9-22-14-8-7-13(28(20,24)25)11-17(14)27-19(22)21-18(23)16-10-12-5-3-4-6-15(12)26-16/h1,3-8,10-11H,9H2,(H2,20,24,25). The number of benzene rings is 2. The van der Waals surface area contributed by atoms with E-state index in [0.29, 0.717) is 20.6 Å². The van der Waals surface area contributed by atoms with Crippen molar-refractivity contribution < 1.29 is 17.6 Å². The summed E-state index contributed by atoms with van der Waals surface area (Å²) in [5.41, 5.74) is 1.25.